The highest BCUT2D eigenvalue weighted by molar-refractivity contribution is 6.31. The maximum absolute atomic E-state index is 12.9. The molecule has 2 aromatic rings. The summed E-state index contributed by atoms with van der Waals surface area (Å²) in [5, 5.41) is 7.24. The first-order valence-electron chi connectivity index (χ1n) is 10.8. The Bertz CT molecular complexity index is 997. The fourth-order valence-corrected chi connectivity index (χ4v) is 4.09. The van der Waals surface area contributed by atoms with Gasteiger partial charge in [0.2, 0.25) is 0 Å². The Kier molecular flexibility index (Phi) is 7.33. The van der Waals surface area contributed by atoms with Gasteiger partial charge in [0.25, 0.3) is 5.91 Å². The third kappa shape index (κ3) is 6.16. The molecule has 9 heteroatoms. The minimum atomic E-state index is -0.663. The van der Waals surface area contributed by atoms with E-state index in [0.29, 0.717) is 36.6 Å². The van der Waals surface area contributed by atoms with Crippen molar-refractivity contribution in [3.8, 4) is 0 Å². The Balaban J connectivity index is 1.74. The van der Waals surface area contributed by atoms with Crippen molar-refractivity contribution in [3.63, 3.8) is 0 Å². The van der Waals surface area contributed by atoms with E-state index < -0.39 is 17.7 Å². The quantitative estimate of drug-likeness (QED) is 0.576. The van der Waals surface area contributed by atoms with Gasteiger partial charge in [-0.1, -0.05) is 11.6 Å². The maximum atomic E-state index is 12.9. The molecule has 0 spiro atoms. The minimum absolute atomic E-state index is 0.291. The number of fused-ring (bicyclic) bond motifs is 1. The number of rotatable bonds is 5. The molecule has 32 heavy (non-hydrogen) atoms. The summed E-state index contributed by atoms with van der Waals surface area (Å²) in [4.78, 5) is 40.7. The van der Waals surface area contributed by atoms with E-state index in [0.717, 1.165) is 10.9 Å². The van der Waals surface area contributed by atoms with Crippen LogP contribution in [-0.4, -0.2) is 47.2 Å². The van der Waals surface area contributed by atoms with Crippen molar-refractivity contribution in [3.05, 3.63) is 35.0 Å². The van der Waals surface area contributed by atoms with E-state index >= 15 is 0 Å². The Morgan fingerprint density at radius 1 is 1.12 bits per heavy atom. The second-order valence-electron chi connectivity index (χ2n) is 9.01. The molecule has 1 aromatic carbocycles. The van der Waals surface area contributed by atoms with Gasteiger partial charge < -0.3 is 25.1 Å². The van der Waals surface area contributed by atoms with E-state index in [1.54, 1.807) is 45.9 Å². The van der Waals surface area contributed by atoms with Crippen LogP contribution in [0.4, 0.5) is 4.79 Å². The second-order valence-corrected chi connectivity index (χ2v) is 9.45. The molecule has 3 atom stereocenters. The first-order valence-corrected chi connectivity index (χ1v) is 11.2. The normalized spacial score (nSPS) is 21.1. The second kappa shape index (κ2) is 9.81. The van der Waals surface area contributed by atoms with Crippen molar-refractivity contribution in [1.29, 1.82) is 0 Å². The van der Waals surface area contributed by atoms with Gasteiger partial charge in [-0.2, -0.15) is 0 Å². The molecule has 3 N–H and O–H groups in total. The summed E-state index contributed by atoms with van der Waals surface area (Å²) in [5.74, 6) is -0.938. The number of H-pyrrole nitrogens is 1. The summed E-state index contributed by atoms with van der Waals surface area (Å²) in [5.41, 5.74) is 0.531. The lowest BCUT2D eigenvalue weighted by Gasteiger charge is -2.36. The minimum Gasteiger partial charge on any atom is -0.466 e. The predicted molar refractivity (Wildman–Crippen MR) is 122 cm³/mol. The van der Waals surface area contributed by atoms with Crippen LogP contribution in [0.3, 0.4) is 0 Å². The number of aromatic amines is 1. The van der Waals surface area contributed by atoms with E-state index in [4.69, 9.17) is 21.1 Å². The number of esters is 1. The number of ether oxygens (including phenoxy) is 2. The molecule has 1 saturated carbocycles. The van der Waals surface area contributed by atoms with E-state index in [1.165, 1.54) is 0 Å². The molecule has 174 valence electrons. The van der Waals surface area contributed by atoms with Crippen molar-refractivity contribution in [2.24, 2.45) is 5.92 Å². The lowest BCUT2D eigenvalue weighted by atomic mass is 9.82. The number of halogens is 1. The molecular weight excluding hydrogens is 434 g/mol. The van der Waals surface area contributed by atoms with Gasteiger partial charge in [0.1, 0.15) is 11.3 Å². The number of carbonyl (C=O) groups is 3. The maximum Gasteiger partial charge on any atom is 0.407 e. The summed E-state index contributed by atoms with van der Waals surface area (Å²) < 4.78 is 10.5. The summed E-state index contributed by atoms with van der Waals surface area (Å²) in [6, 6.07) is 6.23. The first kappa shape index (κ1) is 23.9. The first-order chi connectivity index (χ1) is 15.1. The number of hydrogen-bond acceptors (Lipinski definition) is 5. The monoisotopic (exact) mass is 463 g/mol. The van der Waals surface area contributed by atoms with Gasteiger partial charge in [-0.3, -0.25) is 9.59 Å². The highest BCUT2D eigenvalue weighted by Gasteiger charge is 2.37. The summed E-state index contributed by atoms with van der Waals surface area (Å²) >= 11 is 6.03. The molecule has 3 rings (SSSR count). The molecule has 0 radical (unpaired) electrons. The third-order valence-corrected chi connectivity index (χ3v) is 5.55. The number of hydrogen-bond donors (Lipinski definition) is 3. The van der Waals surface area contributed by atoms with Gasteiger partial charge in [-0.05, 0) is 71.2 Å². The molecular formula is C23H30ClN3O5. The van der Waals surface area contributed by atoms with Crippen LogP contribution in [0.25, 0.3) is 10.9 Å². The molecule has 0 aliphatic heterocycles. The summed E-state index contributed by atoms with van der Waals surface area (Å²) in [6.45, 7) is 7.38. The molecule has 1 heterocycles. The zero-order valence-corrected chi connectivity index (χ0v) is 19.5. The topological polar surface area (TPSA) is 110 Å². The number of nitrogens with one attached hydrogen (secondary N) is 3. The fourth-order valence-electron chi connectivity index (χ4n) is 3.91. The fraction of sp³-hybridized carbons (Fsp3) is 0.522. The Labute approximate surface area is 192 Å². The third-order valence-electron chi connectivity index (χ3n) is 5.32. The van der Waals surface area contributed by atoms with E-state index in [2.05, 4.69) is 15.6 Å². The van der Waals surface area contributed by atoms with Crippen LogP contribution in [0.15, 0.2) is 24.3 Å². The van der Waals surface area contributed by atoms with Crippen LogP contribution in [0.1, 0.15) is 57.4 Å². The average molecular weight is 464 g/mol. The van der Waals surface area contributed by atoms with Crippen LogP contribution >= 0.6 is 11.6 Å². The largest absolute Gasteiger partial charge is 0.466 e. The molecule has 1 aliphatic rings. The standard InChI is InChI=1S/C23H30ClN3O5/c1-5-31-21(29)13-6-8-17(18(11-13)27-22(30)32-23(2,3)4)26-20(28)19-12-14-10-15(24)7-9-16(14)25-19/h7,9-10,12-13,17-18,25H,5-6,8,11H2,1-4H3,(H,26,28)(H,27,30)/t13?,17-,18?/m1/s1. The van der Waals surface area contributed by atoms with E-state index in [-0.39, 0.29) is 23.8 Å². The molecule has 0 saturated heterocycles. The van der Waals surface area contributed by atoms with E-state index in [1.807, 2.05) is 6.07 Å². The van der Waals surface area contributed by atoms with Crippen LogP contribution in [0.2, 0.25) is 5.02 Å². The Morgan fingerprint density at radius 2 is 1.88 bits per heavy atom. The van der Waals surface area contributed by atoms with Crippen LogP contribution in [-0.2, 0) is 14.3 Å². The molecule has 8 nitrogen and oxygen atoms in total. The van der Waals surface area contributed by atoms with Gasteiger partial charge in [-0.25, -0.2) is 4.79 Å². The van der Waals surface area contributed by atoms with Crippen LogP contribution < -0.4 is 10.6 Å². The molecule has 1 aromatic heterocycles. The van der Waals surface area contributed by atoms with Gasteiger partial charge in [0.15, 0.2) is 0 Å². The Morgan fingerprint density at radius 3 is 2.56 bits per heavy atom. The number of alkyl carbamates (subject to hydrolysis) is 1. The lowest BCUT2D eigenvalue weighted by molar-refractivity contribution is -0.149. The summed E-state index contributed by atoms with van der Waals surface area (Å²) in [7, 11) is 0. The van der Waals surface area contributed by atoms with Crippen molar-refractivity contribution in [2.75, 3.05) is 6.61 Å². The average Bonchev–Trinajstić information content (AvgIpc) is 3.11. The Hall–Kier alpha value is -2.74. The van der Waals surface area contributed by atoms with Crippen molar-refractivity contribution >= 4 is 40.5 Å². The molecule has 2 amide bonds. The SMILES string of the molecule is CCOC(=O)C1CC[C@@H](NC(=O)c2cc3cc(Cl)ccc3[nH]2)C(NC(=O)OC(C)(C)C)C1. The predicted octanol–water partition coefficient (Wildman–Crippen LogP) is 4.18. The van der Waals surface area contributed by atoms with Gasteiger partial charge in [-0.15, -0.1) is 0 Å². The molecule has 2 unspecified atom stereocenters. The number of amides is 2. The number of benzene rings is 1. The van der Waals surface area contributed by atoms with Gasteiger partial charge >= 0.3 is 12.1 Å². The van der Waals surface area contributed by atoms with Gasteiger partial charge in [0, 0.05) is 22.0 Å². The molecule has 0 bridgehead atoms. The van der Waals surface area contributed by atoms with Crippen molar-refractivity contribution in [2.45, 2.75) is 64.6 Å². The summed E-state index contributed by atoms with van der Waals surface area (Å²) in [6.07, 6.45) is 0.831. The zero-order valence-electron chi connectivity index (χ0n) is 18.8. The molecule has 1 aliphatic carbocycles. The van der Waals surface area contributed by atoms with Gasteiger partial charge in [0.05, 0.1) is 18.6 Å². The highest BCUT2D eigenvalue weighted by Crippen LogP contribution is 2.27. The van der Waals surface area contributed by atoms with Crippen LogP contribution in [0.5, 0.6) is 0 Å². The van der Waals surface area contributed by atoms with Crippen molar-refractivity contribution in [1.82, 2.24) is 15.6 Å². The number of carbonyl (C=O) groups excluding carboxylic acids is 3. The molecule has 1 fully saturated rings. The smallest absolute Gasteiger partial charge is 0.407 e. The lowest BCUT2D eigenvalue weighted by Crippen LogP contribution is -2.56. The highest BCUT2D eigenvalue weighted by atomic mass is 35.5. The van der Waals surface area contributed by atoms with Crippen LogP contribution in [0, 0.1) is 5.92 Å². The number of aromatic nitrogens is 1. The zero-order chi connectivity index (χ0) is 23.5. The van der Waals surface area contributed by atoms with Crippen molar-refractivity contribution < 1.29 is 23.9 Å². The van der Waals surface area contributed by atoms with E-state index in [9.17, 15) is 14.4 Å².